The Hall–Kier alpha value is -1.69. The number of aromatic hydroxyl groups is 1. The van der Waals surface area contributed by atoms with Crippen molar-refractivity contribution in [3.05, 3.63) is 29.6 Å². The van der Waals surface area contributed by atoms with E-state index >= 15 is 0 Å². The second-order valence-electron chi connectivity index (χ2n) is 4.17. The largest absolute Gasteiger partial charge is 0.507 e. The van der Waals surface area contributed by atoms with E-state index in [-0.39, 0.29) is 16.3 Å². The molecule has 98 valence electrons. The fourth-order valence-electron chi connectivity index (χ4n) is 1.33. The van der Waals surface area contributed by atoms with Crippen molar-refractivity contribution in [1.82, 2.24) is 5.32 Å². The van der Waals surface area contributed by atoms with Gasteiger partial charge in [0.2, 0.25) is 0 Å². The number of carbonyl (C=O) groups is 1. The first kappa shape index (κ1) is 14.4. The molecule has 1 amide bonds. The fourth-order valence-corrected chi connectivity index (χ4v) is 1.53. The van der Waals surface area contributed by atoms with Crippen molar-refractivity contribution in [2.45, 2.75) is 25.8 Å². The molecule has 0 saturated heterocycles. The highest BCUT2D eigenvalue weighted by atomic mass is 32.1. The number of hydrogen-bond donors (Lipinski definition) is 3. The van der Waals surface area contributed by atoms with Crippen LogP contribution in [0.25, 0.3) is 0 Å². The molecule has 0 aromatic heterocycles. The summed E-state index contributed by atoms with van der Waals surface area (Å²) >= 11 is 4.88. The van der Waals surface area contributed by atoms with Crippen LogP contribution in [0, 0.1) is 5.82 Å². The first-order chi connectivity index (χ1) is 8.30. The van der Waals surface area contributed by atoms with Gasteiger partial charge in [-0.25, -0.2) is 4.39 Å². The molecule has 4 nitrogen and oxygen atoms in total. The van der Waals surface area contributed by atoms with Crippen LogP contribution in [-0.4, -0.2) is 21.5 Å². The van der Waals surface area contributed by atoms with E-state index in [4.69, 9.17) is 18.0 Å². The van der Waals surface area contributed by atoms with Crippen LogP contribution in [0.3, 0.4) is 0 Å². The van der Waals surface area contributed by atoms with Crippen LogP contribution in [0.5, 0.6) is 5.75 Å². The zero-order chi connectivity index (χ0) is 13.9. The van der Waals surface area contributed by atoms with Gasteiger partial charge in [0.05, 0.1) is 16.1 Å². The van der Waals surface area contributed by atoms with E-state index in [1.807, 2.05) is 6.92 Å². The normalized spacial score (nSPS) is 13.7. The van der Waals surface area contributed by atoms with Crippen LogP contribution >= 0.6 is 12.2 Å². The highest BCUT2D eigenvalue weighted by Crippen LogP contribution is 2.19. The van der Waals surface area contributed by atoms with Gasteiger partial charge in [0.1, 0.15) is 11.6 Å². The number of phenols is 1. The first-order valence-electron chi connectivity index (χ1n) is 5.41. The van der Waals surface area contributed by atoms with E-state index in [0.29, 0.717) is 6.42 Å². The Morgan fingerprint density at radius 1 is 1.61 bits per heavy atom. The smallest absolute Gasteiger partial charge is 0.255 e. The lowest BCUT2D eigenvalue weighted by Gasteiger charge is -2.28. The van der Waals surface area contributed by atoms with Crippen LogP contribution in [0.15, 0.2) is 18.2 Å². The van der Waals surface area contributed by atoms with Crippen LogP contribution in [0.4, 0.5) is 4.39 Å². The van der Waals surface area contributed by atoms with E-state index < -0.39 is 17.3 Å². The summed E-state index contributed by atoms with van der Waals surface area (Å²) in [6.45, 7) is 3.48. The number of nitrogens with two attached hydrogens (primary N) is 1. The Morgan fingerprint density at radius 2 is 2.22 bits per heavy atom. The van der Waals surface area contributed by atoms with Gasteiger partial charge in [-0.15, -0.1) is 0 Å². The quantitative estimate of drug-likeness (QED) is 0.728. The monoisotopic (exact) mass is 270 g/mol. The Bertz CT molecular complexity index is 493. The van der Waals surface area contributed by atoms with Crippen molar-refractivity contribution >= 4 is 23.1 Å². The average Bonchev–Trinajstić information content (AvgIpc) is 2.31. The summed E-state index contributed by atoms with van der Waals surface area (Å²) in [5.74, 6) is -1.52. The molecule has 4 N–H and O–H groups in total. The molecule has 0 aliphatic rings. The number of phenolic OH excluding ortho intramolecular Hbond substituents is 1. The molecule has 0 heterocycles. The molecule has 6 heteroatoms. The third-order valence-corrected chi connectivity index (χ3v) is 3.29. The zero-order valence-electron chi connectivity index (χ0n) is 10.2. The lowest BCUT2D eigenvalue weighted by atomic mass is 9.98. The number of benzene rings is 1. The molecule has 1 unspecified atom stereocenters. The predicted molar refractivity (Wildman–Crippen MR) is 71.0 cm³/mol. The number of carbonyl (C=O) groups excluding carboxylic acids is 1. The van der Waals surface area contributed by atoms with Crippen LogP contribution in [0.2, 0.25) is 0 Å². The number of halogens is 1. The molecule has 0 radical (unpaired) electrons. The summed E-state index contributed by atoms with van der Waals surface area (Å²) < 4.78 is 13.0. The van der Waals surface area contributed by atoms with Gasteiger partial charge in [-0.05, 0) is 31.5 Å². The van der Waals surface area contributed by atoms with Gasteiger partial charge in [-0.3, -0.25) is 4.79 Å². The maximum absolute atomic E-state index is 13.0. The zero-order valence-corrected chi connectivity index (χ0v) is 11.0. The lowest BCUT2D eigenvalue weighted by Crippen LogP contribution is -2.54. The van der Waals surface area contributed by atoms with Crippen LogP contribution in [-0.2, 0) is 0 Å². The summed E-state index contributed by atoms with van der Waals surface area (Å²) in [7, 11) is 0. The molecular weight excluding hydrogens is 255 g/mol. The molecule has 1 atom stereocenters. The minimum Gasteiger partial charge on any atom is -0.507 e. The molecule has 1 rings (SSSR count). The molecule has 1 aromatic carbocycles. The topological polar surface area (TPSA) is 75.3 Å². The molecule has 0 aliphatic heterocycles. The summed E-state index contributed by atoms with van der Waals surface area (Å²) in [6, 6.07) is 3.15. The molecule has 1 aromatic rings. The Kier molecular flexibility index (Phi) is 4.24. The second kappa shape index (κ2) is 5.30. The van der Waals surface area contributed by atoms with Gasteiger partial charge in [0, 0.05) is 0 Å². The molecule has 0 spiro atoms. The van der Waals surface area contributed by atoms with Gasteiger partial charge in [0.15, 0.2) is 0 Å². The molecular formula is C12H15FN2O2S. The Labute approximate surface area is 110 Å². The molecule has 18 heavy (non-hydrogen) atoms. The third kappa shape index (κ3) is 2.95. The van der Waals surface area contributed by atoms with Crippen molar-refractivity contribution in [2.75, 3.05) is 0 Å². The Morgan fingerprint density at radius 3 is 2.72 bits per heavy atom. The van der Waals surface area contributed by atoms with E-state index in [1.54, 1.807) is 6.92 Å². The van der Waals surface area contributed by atoms with Gasteiger partial charge >= 0.3 is 0 Å². The number of nitrogens with one attached hydrogen (secondary N) is 1. The lowest BCUT2D eigenvalue weighted by molar-refractivity contribution is 0.0923. The second-order valence-corrected chi connectivity index (χ2v) is 4.61. The Balaban J connectivity index is 3.02. The van der Waals surface area contributed by atoms with E-state index in [9.17, 15) is 14.3 Å². The van der Waals surface area contributed by atoms with E-state index in [0.717, 1.165) is 18.2 Å². The van der Waals surface area contributed by atoms with Crippen molar-refractivity contribution < 1.29 is 14.3 Å². The van der Waals surface area contributed by atoms with Crippen molar-refractivity contribution in [1.29, 1.82) is 0 Å². The third-order valence-electron chi connectivity index (χ3n) is 2.84. The number of hydrogen-bond acceptors (Lipinski definition) is 3. The summed E-state index contributed by atoms with van der Waals surface area (Å²) in [4.78, 5) is 12.1. The summed E-state index contributed by atoms with van der Waals surface area (Å²) in [5, 5.41) is 12.1. The van der Waals surface area contributed by atoms with Crippen LogP contribution < -0.4 is 11.1 Å². The number of rotatable bonds is 4. The van der Waals surface area contributed by atoms with Gasteiger partial charge in [0.25, 0.3) is 5.91 Å². The van der Waals surface area contributed by atoms with Crippen molar-refractivity contribution in [3.8, 4) is 5.75 Å². The molecule has 0 bridgehead atoms. The maximum Gasteiger partial charge on any atom is 0.255 e. The van der Waals surface area contributed by atoms with Gasteiger partial charge in [-0.1, -0.05) is 19.1 Å². The van der Waals surface area contributed by atoms with E-state index in [2.05, 4.69) is 5.32 Å². The number of thiocarbonyl (C=S) groups is 1. The maximum atomic E-state index is 13.0. The minimum absolute atomic E-state index is 0.134. The summed E-state index contributed by atoms with van der Waals surface area (Å²) in [6.07, 6.45) is 0.490. The average molecular weight is 270 g/mol. The van der Waals surface area contributed by atoms with Gasteiger partial charge in [-0.2, -0.15) is 0 Å². The fraction of sp³-hybridized carbons (Fsp3) is 0.333. The number of amides is 1. The summed E-state index contributed by atoms with van der Waals surface area (Å²) in [5.41, 5.74) is 4.54. The van der Waals surface area contributed by atoms with Gasteiger partial charge < -0.3 is 16.2 Å². The molecule has 0 aliphatic carbocycles. The predicted octanol–water partition coefficient (Wildman–Crippen LogP) is 1.72. The van der Waals surface area contributed by atoms with E-state index in [1.165, 1.54) is 0 Å². The first-order valence-corrected chi connectivity index (χ1v) is 5.82. The SMILES string of the molecule is CCC(C)(NC(=O)c1cc(F)ccc1O)C(N)=S. The molecule has 0 saturated carbocycles. The van der Waals surface area contributed by atoms with Crippen LogP contribution in [0.1, 0.15) is 30.6 Å². The highest BCUT2D eigenvalue weighted by Gasteiger charge is 2.28. The highest BCUT2D eigenvalue weighted by molar-refractivity contribution is 7.80. The van der Waals surface area contributed by atoms with Crippen molar-refractivity contribution in [2.24, 2.45) is 5.73 Å². The minimum atomic E-state index is -0.870. The van der Waals surface area contributed by atoms with Crippen molar-refractivity contribution in [3.63, 3.8) is 0 Å². The molecule has 0 fully saturated rings. The standard InChI is InChI=1S/C12H15FN2O2S/c1-3-12(2,11(14)18)15-10(17)8-6-7(13)4-5-9(8)16/h4-6,16H,3H2,1-2H3,(H2,14,18)(H,15,17).